The van der Waals surface area contributed by atoms with Gasteiger partial charge in [-0.25, -0.2) is 0 Å². The van der Waals surface area contributed by atoms with Crippen molar-refractivity contribution >= 4 is 47.3 Å². The number of amides is 2. The van der Waals surface area contributed by atoms with E-state index < -0.39 is 24.0 Å². The number of rotatable bonds is 24. The number of carbonyl (C=O) groups excluding carboxylic acids is 4. The third-order valence-corrected chi connectivity index (χ3v) is 9.18. The normalized spacial score (nSPS) is 13.1. The molecule has 0 spiro atoms. The van der Waals surface area contributed by atoms with Crippen LogP contribution in [0.1, 0.15) is 121 Å². The van der Waals surface area contributed by atoms with E-state index in [1.807, 2.05) is 0 Å². The molecule has 8 nitrogen and oxygen atoms in total. The van der Waals surface area contributed by atoms with Gasteiger partial charge < -0.3 is 30.4 Å². The van der Waals surface area contributed by atoms with E-state index >= 15 is 0 Å². The summed E-state index contributed by atoms with van der Waals surface area (Å²) in [5, 5.41) is 26.6. The fourth-order valence-electron chi connectivity index (χ4n) is 4.28. The molecular formula is C40H64N2O6S2Ti. The number of hydrogen-bond donors (Lipinski definition) is 2. The Morgan fingerprint density at radius 3 is 1.02 bits per heavy atom. The molecule has 0 heterocycles. The average Bonchev–Trinajstić information content (AvgIpc) is 2.99. The van der Waals surface area contributed by atoms with Gasteiger partial charge in [-0.15, -0.1) is 0 Å². The molecule has 0 aromatic heterocycles. The number of nitrogens with one attached hydrogen (secondary N) is 2. The van der Waals surface area contributed by atoms with Gasteiger partial charge in [-0.1, -0.05) is 69.9 Å². The quantitative estimate of drug-likeness (QED) is 0.0621. The van der Waals surface area contributed by atoms with Gasteiger partial charge in [-0.05, 0) is 107 Å². The topological polar surface area (TPSA) is 138 Å². The van der Waals surface area contributed by atoms with Crippen LogP contribution < -0.4 is 20.8 Å². The van der Waals surface area contributed by atoms with Crippen molar-refractivity contribution in [2.75, 3.05) is 23.0 Å². The van der Waals surface area contributed by atoms with Gasteiger partial charge in [0.25, 0.3) is 0 Å². The zero-order chi connectivity index (χ0) is 38.5. The molecule has 51 heavy (non-hydrogen) atoms. The summed E-state index contributed by atoms with van der Waals surface area (Å²) in [6.07, 6.45) is 21.9. The van der Waals surface area contributed by atoms with Crippen LogP contribution in [0.25, 0.3) is 0 Å². The van der Waals surface area contributed by atoms with Crippen molar-refractivity contribution in [3.05, 3.63) is 69.9 Å². The number of aliphatic carboxylic acids is 2. The summed E-state index contributed by atoms with van der Waals surface area (Å²) in [5.74, 6) is -1.09. The summed E-state index contributed by atoms with van der Waals surface area (Å²) >= 11 is 2.96. The van der Waals surface area contributed by atoms with Crippen LogP contribution in [0.4, 0.5) is 0 Å². The smallest absolute Gasteiger partial charge is 0.548 e. The molecule has 0 aliphatic rings. The first-order valence-electron chi connectivity index (χ1n) is 17.4. The maximum Gasteiger partial charge on any atom is 2.00 e. The Labute approximate surface area is 332 Å². The summed E-state index contributed by atoms with van der Waals surface area (Å²) in [5.41, 5.74) is 8.17. The van der Waals surface area contributed by atoms with Crippen molar-refractivity contribution in [2.24, 2.45) is 0 Å². The van der Waals surface area contributed by atoms with Gasteiger partial charge in [0.2, 0.25) is 11.8 Å². The molecule has 2 atom stereocenters. The van der Waals surface area contributed by atoms with E-state index in [2.05, 4.69) is 102 Å². The fourth-order valence-corrected chi connectivity index (χ4v) is 6.27. The third kappa shape index (κ3) is 37.3. The number of carboxylic acid groups (broad SMARTS) is 2. The number of hydrogen-bond acceptors (Lipinski definition) is 8. The van der Waals surface area contributed by atoms with Crippen LogP contribution in [-0.2, 0) is 40.9 Å². The summed E-state index contributed by atoms with van der Waals surface area (Å²) in [6.45, 7) is 19.6. The zero-order valence-electron chi connectivity index (χ0n) is 32.9. The predicted molar refractivity (Wildman–Crippen MR) is 211 cm³/mol. The van der Waals surface area contributed by atoms with Crippen molar-refractivity contribution in [3.8, 4) is 0 Å². The van der Waals surface area contributed by atoms with Crippen LogP contribution in [0, 0.1) is 0 Å². The maximum absolute atomic E-state index is 10.9. The second kappa shape index (κ2) is 33.6. The van der Waals surface area contributed by atoms with Crippen LogP contribution in [0.5, 0.6) is 0 Å². The number of carbonyl (C=O) groups is 4. The van der Waals surface area contributed by atoms with Gasteiger partial charge in [0, 0.05) is 36.9 Å². The van der Waals surface area contributed by atoms with Crippen LogP contribution in [0.15, 0.2) is 69.9 Å². The molecule has 11 heteroatoms. The molecule has 2 amide bonds. The molecule has 0 saturated carbocycles. The zero-order valence-corrected chi connectivity index (χ0v) is 36.1. The summed E-state index contributed by atoms with van der Waals surface area (Å²) < 4.78 is 0. The van der Waals surface area contributed by atoms with E-state index in [9.17, 15) is 29.4 Å². The Hall–Kier alpha value is -2.27. The number of carboxylic acids is 2. The molecule has 0 aromatic carbocycles. The Bertz CT molecular complexity index is 1140. The minimum absolute atomic E-state index is 0. The number of thioether (sulfide) groups is 2. The Balaban J connectivity index is -0.000000886. The van der Waals surface area contributed by atoms with Crippen LogP contribution >= 0.6 is 23.5 Å². The monoisotopic (exact) mass is 780 g/mol. The van der Waals surface area contributed by atoms with Crippen molar-refractivity contribution in [2.45, 2.75) is 133 Å². The van der Waals surface area contributed by atoms with Gasteiger partial charge in [-0.2, -0.15) is 23.5 Å². The molecule has 0 rings (SSSR count). The average molecular weight is 781 g/mol. The van der Waals surface area contributed by atoms with E-state index in [-0.39, 0.29) is 33.5 Å². The maximum atomic E-state index is 10.9. The van der Waals surface area contributed by atoms with Gasteiger partial charge in [-0.3, -0.25) is 9.59 Å². The second-order valence-corrected chi connectivity index (χ2v) is 15.3. The Kier molecular flexibility index (Phi) is 34.9. The molecule has 0 radical (unpaired) electrons. The molecule has 0 unspecified atom stereocenters. The molecular weight excluding hydrogens is 716 g/mol. The van der Waals surface area contributed by atoms with E-state index in [4.69, 9.17) is 0 Å². The SMILES string of the molecule is CC(=O)N[C@@H](CSC/C=C(\C)CC/C=C(\C)CCC=C(C)C)C(=O)[O-].CC(=O)N[C@@H](CSC/C=C(\C)CC/C=C(\C)CCC=C(C)C)C(=O)[O-].[Ti+2]. The minimum Gasteiger partial charge on any atom is -0.548 e. The first kappa shape index (κ1) is 53.1. The standard InChI is InChI=1S/2C20H33NO3S.Ti/c2*1-15(2)8-6-9-16(3)10-7-11-17(4)12-13-25-14-19(20(23)24)21-18(5)22;/h2*8,10,12,19H,6-7,9,11,13-14H2,1-5H3,(H,21,22)(H,23,24);/q;;+2/p-2/b2*16-10+,17-12+;/t2*19-;/m00./s1. The molecule has 286 valence electrons. The van der Waals surface area contributed by atoms with Gasteiger partial charge >= 0.3 is 21.7 Å². The van der Waals surface area contributed by atoms with Gasteiger partial charge in [0.05, 0.1) is 24.0 Å². The fraction of sp³-hybridized carbons (Fsp3) is 0.600. The first-order valence-corrected chi connectivity index (χ1v) is 19.8. The van der Waals surface area contributed by atoms with Crippen molar-refractivity contribution < 1.29 is 51.1 Å². The van der Waals surface area contributed by atoms with Crippen LogP contribution in [0.3, 0.4) is 0 Å². The van der Waals surface area contributed by atoms with Crippen LogP contribution in [-0.4, -0.2) is 58.8 Å². The molecule has 0 aromatic rings. The molecule has 0 saturated heterocycles. The molecule has 0 aliphatic carbocycles. The van der Waals surface area contributed by atoms with E-state index in [1.165, 1.54) is 70.8 Å². The third-order valence-electron chi connectivity index (χ3n) is 7.24. The van der Waals surface area contributed by atoms with E-state index in [1.54, 1.807) is 0 Å². The number of allylic oxidation sites excluding steroid dienone is 10. The Morgan fingerprint density at radius 2 is 0.765 bits per heavy atom. The van der Waals surface area contributed by atoms with Crippen molar-refractivity contribution in [1.29, 1.82) is 0 Å². The van der Waals surface area contributed by atoms with Crippen molar-refractivity contribution in [3.63, 3.8) is 0 Å². The molecule has 2 N–H and O–H groups in total. The summed E-state index contributed by atoms with van der Waals surface area (Å²) in [7, 11) is 0. The largest absolute Gasteiger partial charge is 2.00 e. The first-order chi connectivity index (χ1) is 23.4. The van der Waals surface area contributed by atoms with E-state index in [0.717, 1.165) is 62.9 Å². The predicted octanol–water partition coefficient (Wildman–Crippen LogP) is 6.78. The van der Waals surface area contributed by atoms with Gasteiger partial charge in [0.1, 0.15) is 0 Å². The van der Waals surface area contributed by atoms with Crippen LogP contribution in [0.2, 0.25) is 0 Å². The molecule has 0 aliphatic heterocycles. The second-order valence-electron chi connectivity index (χ2n) is 13.1. The van der Waals surface area contributed by atoms with Gasteiger partial charge in [0.15, 0.2) is 0 Å². The molecule has 0 fully saturated rings. The molecule has 0 bridgehead atoms. The van der Waals surface area contributed by atoms with E-state index in [0.29, 0.717) is 11.5 Å². The van der Waals surface area contributed by atoms with Crippen molar-refractivity contribution in [1.82, 2.24) is 10.6 Å². The minimum atomic E-state index is -1.24. The summed E-state index contributed by atoms with van der Waals surface area (Å²) in [4.78, 5) is 43.7. The Morgan fingerprint density at radius 1 is 0.490 bits per heavy atom. The summed E-state index contributed by atoms with van der Waals surface area (Å²) in [6, 6.07) is -1.86.